The Kier molecular flexibility index (Phi) is 8.50. The van der Waals surface area contributed by atoms with Gasteiger partial charge in [-0.05, 0) is 0 Å². The first-order chi connectivity index (χ1) is 20.8. The topological polar surface area (TPSA) is 260 Å². The third kappa shape index (κ3) is 6.50. The SMILES string of the molecule is Nc1nc2c(ncn2[C@@H]2O[C@H](COP(=O)(O)S)C[C@H]2OP(=O)(S)OC[C@@H]2C[C@H](F)[C@@H](n3cnc4c(N)ncnc43)O2)c(=O)[nH]1. The molecule has 2 saturated heterocycles. The van der Waals surface area contributed by atoms with Gasteiger partial charge in [-0.3, -0.25) is 32.5 Å². The van der Waals surface area contributed by atoms with E-state index in [0.29, 0.717) is 0 Å². The maximum Gasteiger partial charge on any atom is 0.386 e. The Bertz CT molecular complexity index is 1860. The highest BCUT2D eigenvalue weighted by Gasteiger charge is 2.44. The Morgan fingerprint density at radius 1 is 1.00 bits per heavy atom. The molecule has 0 radical (unpaired) electrons. The summed E-state index contributed by atoms with van der Waals surface area (Å²) in [5, 5.41) is 0. The lowest BCUT2D eigenvalue weighted by Gasteiger charge is -2.24. The minimum Gasteiger partial charge on any atom is -0.382 e. The van der Waals surface area contributed by atoms with Crippen molar-refractivity contribution in [1.29, 1.82) is 0 Å². The average Bonchev–Trinajstić information content (AvgIpc) is 3.71. The van der Waals surface area contributed by atoms with Gasteiger partial charge >= 0.3 is 13.6 Å². The molecule has 6 heterocycles. The number of imidazole rings is 2. The zero-order chi connectivity index (χ0) is 31.4. The molecule has 0 aromatic carbocycles. The van der Waals surface area contributed by atoms with E-state index >= 15 is 4.39 Å². The first kappa shape index (κ1) is 31.3. The van der Waals surface area contributed by atoms with Crippen LogP contribution >= 0.6 is 38.1 Å². The van der Waals surface area contributed by atoms with E-state index in [1.54, 1.807) is 0 Å². The van der Waals surface area contributed by atoms with E-state index in [-0.39, 0.29) is 60.1 Å². The van der Waals surface area contributed by atoms with Crippen molar-refractivity contribution in [3.63, 3.8) is 0 Å². The van der Waals surface area contributed by atoms with E-state index in [1.807, 2.05) is 0 Å². The molecule has 0 aliphatic carbocycles. The number of H-pyrrole nitrogens is 1. The van der Waals surface area contributed by atoms with E-state index < -0.39 is 56.1 Å². The highest BCUT2D eigenvalue weighted by Crippen LogP contribution is 2.57. The fraction of sp³-hybridized carbons (Fsp3) is 0.500. The van der Waals surface area contributed by atoms with Crippen LogP contribution in [0.4, 0.5) is 16.2 Å². The monoisotopic (exact) mass is 694 g/mol. The molecule has 24 heteroatoms. The van der Waals surface area contributed by atoms with Crippen LogP contribution in [0.15, 0.2) is 23.8 Å². The van der Waals surface area contributed by atoms with Gasteiger partial charge in [0.25, 0.3) is 5.56 Å². The lowest BCUT2D eigenvalue weighted by atomic mass is 10.2. The van der Waals surface area contributed by atoms with Gasteiger partial charge < -0.3 is 25.8 Å². The molecule has 6 rings (SSSR count). The molecule has 8 atom stereocenters. The van der Waals surface area contributed by atoms with Crippen LogP contribution < -0.4 is 17.0 Å². The second-order valence-corrected chi connectivity index (χ2v) is 15.5. The van der Waals surface area contributed by atoms with Crippen LogP contribution in [-0.2, 0) is 32.2 Å². The zero-order valence-corrected chi connectivity index (χ0v) is 25.8. The van der Waals surface area contributed by atoms with Gasteiger partial charge in [0.1, 0.15) is 24.1 Å². The van der Waals surface area contributed by atoms with Crippen LogP contribution in [-0.4, -0.2) is 81.6 Å². The summed E-state index contributed by atoms with van der Waals surface area (Å²) < 4.78 is 70.5. The Morgan fingerprint density at radius 2 is 1.66 bits per heavy atom. The Hall–Kier alpha value is -2.65. The van der Waals surface area contributed by atoms with E-state index in [4.69, 9.17) is 34.5 Å². The molecule has 0 saturated carbocycles. The molecule has 4 aromatic heterocycles. The number of hydrogen-bond acceptors (Lipinski definition) is 15. The van der Waals surface area contributed by atoms with Gasteiger partial charge in [-0.1, -0.05) is 24.5 Å². The number of aromatic amines is 1. The number of alkyl halides is 1. The molecule has 2 aliphatic rings. The van der Waals surface area contributed by atoms with Crippen molar-refractivity contribution in [2.24, 2.45) is 0 Å². The molecule has 2 unspecified atom stereocenters. The second-order valence-electron chi connectivity index (χ2n) is 9.84. The van der Waals surface area contributed by atoms with Gasteiger partial charge in [-0.25, -0.2) is 33.5 Å². The lowest BCUT2D eigenvalue weighted by molar-refractivity contribution is -0.0470. The van der Waals surface area contributed by atoms with Crippen molar-refractivity contribution in [3.8, 4) is 0 Å². The smallest absolute Gasteiger partial charge is 0.382 e. The highest BCUT2D eigenvalue weighted by molar-refractivity contribution is 8.44. The summed E-state index contributed by atoms with van der Waals surface area (Å²) in [7, 11) is 0. The van der Waals surface area contributed by atoms with Gasteiger partial charge in [0.2, 0.25) is 5.95 Å². The summed E-state index contributed by atoms with van der Waals surface area (Å²) in [5.74, 6) is -0.0661. The van der Waals surface area contributed by atoms with E-state index in [1.165, 1.54) is 28.1 Å². The van der Waals surface area contributed by atoms with E-state index in [0.717, 1.165) is 0 Å². The Labute approximate surface area is 256 Å². The van der Waals surface area contributed by atoms with Crippen LogP contribution in [0.5, 0.6) is 0 Å². The second kappa shape index (κ2) is 11.9. The number of nitrogen functional groups attached to an aromatic ring is 2. The molecule has 6 N–H and O–H groups in total. The van der Waals surface area contributed by atoms with Gasteiger partial charge in [0.05, 0.1) is 38.1 Å². The number of thiol groups is 2. The average molecular weight is 695 g/mol. The lowest BCUT2D eigenvalue weighted by Crippen LogP contribution is -2.23. The van der Waals surface area contributed by atoms with Gasteiger partial charge in [-0.2, -0.15) is 4.98 Å². The fourth-order valence-electron chi connectivity index (χ4n) is 4.96. The molecule has 2 aliphatic heterocycles. The van der Waals surface area contributed by atoms with Crippen molar-refractivity contribution < 1.29 is 41.5 Å². The molecule has 2 fully saturated rings. The molecular weight excluding hydrogens is 669 g/mol. The van der Waals surface area contributed by atoms with Crippen LogP contribution in [0, 0.1) is 0 Å². The zero-order valence-electron chi connectivity index (χ0n) is 22.2. The highest BCUT2D eigenvalue weighted by atomic mass is 32.7. The number of fused-ring (bicyclic) bond motifs is 2. The number of anilines is 2. The number of nitrogens with two attached hydrogens (primary N) is 2. The molecule has 0 bridgehead atoms. The number of hydrogen-bond donors (Lipinski definition) is 6. The molecule has 4 aromatic rings. The van der Waals surface area contributed by atoms with Crippen molar-refractivity contribution in [2.75, 3.05) is 24.7 Å². The summed E-state index contributed by atoms with van der Waals surface area (Å²) >= 11 is 7.58. The standard InChI is InChI=1S/C20H25FN10O9P2S2/c21-10-1-8(38-18(10)30-6-26-12-14(22)24-5-25-15(12)30)4-37-42(35,44)40-11-2-9(3-36-41(33,34)43)39-19(11)31-7-27-13-16(31)28-20(23)29-17(13)32/h5-11,18-19H,1-4H2,(H,35,44)(H2,22,24,25)(H2,33,34,43)(H3,23,28,29,32)/t8-,9-,10-,11+,18-,19+,42?/m0/s1. The molecule has 0 amide bonds. The van der Waals surface area contributed by atoms with Crippen molar-refractivity contribution >= 4 is 72.2 Å². The number of ether oxygens (including phenoxy) is 2. The molecule has 19 nitrogen and oxygen atoms in total. The summed E-state index contributed by atoms with van der Waals surface area (Å²) in [6.45, 7) is -9.09. The summed E-state index contributed by atoms with van der Waals surface area (Å²) in [6, 6.07) is 0. The van der Waals surface area contributed by atoms with Gasteiger partial charge in [0, 0.05) is 12.8 Å². The first-order valence-corrected chi connectivity index (χ1v) is 18.2. The van der Waals surface area contributed by atoms with E-state index in [2.05, 4.69) is 54.4 Å². The van der Waals surface area contributed by atoms with Gasteiger partial charge in [-0.15, -0.1) is 0 Å². The maximum atomic E-state index is 15.0. The molecular formula is C20H25FN10O9P2S2. The minimum absolute atomic E-state index is 0.0294. The van der Waals surface area contributed by atoms with Gasteiger partial charge in [0.15, 0.2) is 35.1 Å². The number of rotatable bonds is 10. The summed E-state index contributed by atoms with van der Waals surface area (Å²) in [5.41, 5.74) is 11.4. The Morgan fingerprint density at radius 3 is 2.41 bits per heavy atom. The minimum atomic E-state index is -4.19. The maximum absolute atomic E-state index is 15.0. The third-order valence-electron chi connectivity index (χ3n) is 6.78. The van der Waals surface area contributed by atoms with Crippen LogP contribution in [0.25, 0.3) is 22.3 Å². The van der Waals surface area contributed by atoms with Crippen LogP contribution in [0.1, 0.15) is 25.3 Å². The Balaban J connectivity index is 1.16. The quantitative estimate of drug-likeness (QED) is 0.102. The number of halogens is 1. The van der Waals surface area contributed by atoms with Crippen LogP contribution in [0.3, 0.4) is 0 Å². The predicted octanol–water partition coefficient (Wildman–Crippen LogP) is 1.52. The third-order valence-corrected chi connectivity index (χ3v) is 9.25. The first-order valence-electron chi connectivity index (χ1n) is 12.7. The van der Waals surface area contributed by atoms with Crippen LogP contribution in [0.2, 0.25) is 0 Å². The molecule has 238 valence electrons. The summed E-state index contributed by atoms with van der Waals surface area (Å²) in [4.78, 5) is 44.2. The van der Waals surface area contributed by atoms with Crippen molar-refractivity contribution in [3.05, 3.63) is 29.3 Å². The number of nitrogens with zero attached hydrogens (tertiary/aromatic N) is 7. The largest absolute Gasteiger partial charge is 0.386 e. The summed E-state index contributed by atoms with van der Waals surface area (Å²) in [6.07, 6.45) is -2.87. The normalized spacial score (nSPS) is 28.5. The fourth-order valence-corrected chi connectivity index (χ4v) is 7.03. The molecule has 0 spiro atoms. The predicted molar refractivity (Wildman–Crippen MR) is 156 cm³/mol. The number of nitrogens with one attached hydrogen (secondary N) is 1. The number of aromatic nitrogens is 8. The van der Waals surface area contributed by atoms with Crippen molar-refractivity contribution in [2.45, 2.75) is 49.8 Å². The van der Waals surface area contributed by atoms with E-state index in [9.17, 15) is 18.8 Å². The van der Waals surface area contributed by atoms with Crippen molar-refractivity contribution in [1.82, 2.24) is 39.0 Å². The molecule has 44 heavy (non-hydrogen) atoms.